The highest BCUT2D eigenvalue weighted by atomic mass is 32.2. The first-order valence-corrected chi connectivity index (χ1v) is 10.1. The first-order valence-electron chi connectivity index (χ1n) is 8.25. The molecule has 26 heavy (non-hydrogen) atoms. The number of sulfone groups is 1. The molecule has 3 rings (SSSR count). The normalized spacial score (nSPS) is 18.5. The summed E-state index contributed by atoms with van der Waals surface area (Å²) < 4.78 is 36.2. The number of nitrogens with one attached hydrogen (secondary N) is 1. The molecule has 0 aliphatic carbocycles. The first-order chi connectivity index (χ1) is 12.4. The molecule has 0 spiro atoms. The summed E-state index contributed by atoms with van der Waals surface area (Å²) in [5, 5.41) is 10.9. The molecule has 1 aromatic carbocycles. The minimum absolute atomic E-state index is 0.00971. The van der Waals surface area contributed by atoms with Crippen molar-refractivity contribution in [2.24, 2.45) is 0 Å². The Morgan fingerprint density at radius 3 is 2.50 bits per heavy atom. The molecule has 1 amide bonds. The van der Waals surface area contributed by atoms with Crippen LogP contribution in [0.25, 0.3) is 0 Å². The Labute approximate surface area is 151 Å². The van der Waals surface area contributed by atoms with Crippen LogP contribution in [0.15, 0.2) is 36.4 Å². The second-order valence-corrected chi connectivity index (χ2v) is 8.31. The number of halogens is 1. The number of benzene rings is 1. The van der Waals surface area contributed by atoms with Crippen LogP contribution in [-0.4, -0.2) is 53.5 Å². The zero-order valence-corrected chi connectivity index (χ0v) is 15.0. The maximum absolute atomic E-state index is 12.9. The Bertz CT molecular complexity index is 885. The van der Waals surface area contributed by atoms with Crippen LogP contribution in [0, 0.1) is 5.82 Å². The quantitative estimate of drug-likeness (QED) is 0.856. The molecule has 0 radical (unpaired) electrons. The van der Waals surface area contributed by atoms with Crippen molar-refractivity contribution in [3.63, 3.8) is 0 Å². The maximum Gasteiger partial charge on any atom is 0.274 e. The van der Waals surface area contributed by atoms with E-state index in [0.29, 0.717) is 24.5 Å². The molecule has 0 bridgehead atoms. The van der Waals surface area contributed by atoms with Gasteiger partial charge in [-0.15, -0.1) is 10.2 Å². The summed E-state index contributed by atoms with van der Waals surface area (Å²) in [7, 11) is -3.08. The molecule has 1 atom stereocenters. The Balaban J connectivity index is 1.70. The number of hydrogen-bond donors (Lipinski definition) is 1. The van der Waals surface area contributed by atoms with Crippen molar-refractivity contribution >= 4 is 27.2 Å². The van der Waals surface area contributed by atoms with Crippen molar-refractivity contribution in [3.05, 3.63) is 47.9 Å². The van der Waals surface area contributed by atoms with Crippen LogP contribution in [-0.2, 0) is 9.84 Å². The van der Waals surface area contributed by atoms with Gasteiger partial charge in [0.15, 0.2) is 21.3 Å². The molecule has 7 nitrogen and oxygen atoms in total. The van der Waals surface area contributed by atoms with E-state index in [1.165, 1.54) is 23.1 Å². The van der Waals surface area contributed by atoms with Gasteiger partial charge in [-0.3, -0.25) is 4.79 Å². The molecule has 1 saturated heterocycles. The summed E-state index contributed by atoms with van der Waals surface area (Å²) in [5.41, 5.74) is 0.798. The molecular formula is C17H19FN4O3S. The largest absolute Gasteiger partial charge is 0.339 e. The van der Waals surface area contributed by atoms with Crippen LogP contribution in [0.1, 0.15) is 23.8 Å². The van der Waals surface area contributed by atoms with Crippen molar-refractivity contribution in [1.82, 2.24) is 15.1 Å². The van der Waals surface area contributed by atoms with Gasteiger partial charge in [-0.05, 0) is 49.7 Å². The average molecular weight is 378 g/mol. The number of aromatic nitrogens is 2. The van der Waals surface area contributed by atoms with Gasteiger partial charge in [-0.25, -0.2) is 12.8 Å². The number of carbonyl (C=O) groups excluding carboxylic acids is 1. The van der Waals surface area contributed by atoms with Crippen molar-refractivity contribution < 1.29 is 17.6 Å². The zero-order chi connectivity index (χ0) is 18.7. The molecule has 1 unspecified atom stereocenters. The van der Waals surface area contributed by atoms with E-state index in [9.17, 15) is 17.6 Å². The molecule has 138 valence electrons. The van der Waals surface area contributed by atoms with Gasteiger partial charge in [0.1, 0.15) is 5.82 Å². The van der Waals surface area contributed by atoms with E-state index in [4.69, 9.17) is 0 Å². The van der Waals surface area contributed by atoms with Gasteiger partial charge in [0.05, 0.1) is 11.5 Å². The fourth-order valence-electron chi connectivity index (χ4n) is 2.93. The van der Waals surface area contributed by atoms with Crippen molar-refractivity contribution in [2.75, 3.05) is 23.4 Å². The predicted octanol–water partition coefficient (Wildman–Crippen LogP) is 2.01. The van der Waals surface area contributed by atoms with Gasteiger partial charge in [-0.1, -0.05) is 0 Å². The van der Waals surface area contributed by atoms with Gasteiger partial charge in [0.25, 0.3) is 5.91 Å². The lowest BCUT2D eigenvalue weighted by molar-refractivity contribution is 0.0701. The summed E-state index contributed by atoms with van der Waals surface area (Å²) in [5.74, 6) is -0.163. The van der Waals surface area contributed by atoms with Gasteiger partial charge >= 0.3 is 0 Å². The standard InChI is InChI=1S/C17H19FN4O3S/c1-2-22(14-9-10-26(24,25)11-14)17(23)15-7-8-16(21-20-15)19-13-5-3-12(18)4-6-13/h3-8,14H,2,9-11H2,1H3,(H,19,21). The molecule has 1 aromatic heterocycles. The molecule has 1 aliphatic rings. The number of anilines is 2. The lowest BCUT2D eigenvalue weighted by Gasteiger charge is -2.26. The van der Waals surface area contributed by atoms with E-state index in [0.717, 1.165) is 0 Å². The number of carbonyl (C=O) groups is 1. The monoisotopic (exact) mass is 378 g/mol. The average Bonchev–Trinajstić information content (AvgIpc) is 2.98. The highest BCUT2D eigenvalue weighted by Crippen LogP contribution is 2.20. The van der Waals surface area contributed by atoms with Crippen LogP contribution in [0.2, 0.25) is 0 Å². The third-order valence-electron chi connectivity index (χ3n) is 4.25. The van der Waals surface area contributed by atoms with E-state index in [2.05, 4.69) is 15.5 Å². The van der Waals surface area contributed by atoms with Crippen LogP contribution >= 0.6 is 0 Å². The zero-order valence-electron chi connectivity index (χ0n) is 14.2. The lowest BCUT2D eigenvalue weighted by Crippen LogP contribution is -2.41. The van der Waals surface area contributed by atoms with Gasteiger partial charge in [0.2, 0.25) is 0 Å². The Hall–Kier alpha value is -2.55. The lowest BCUT2D eigenvalue weighted by atomic mass is 10.2. The fourth-order valence-corrected chi connectivity index (χ4v) is 4.66. The number of amides is 1. The highest BCUT2D eigenvalue weighted by molar-refractivity contribution is 7.91. The highest BCUT2D eigenvalue weighted by Gasteiger charge is 2.34. The topological polar surface area (TPSA) is 92.3 Å². The van der Waals surface area contributed by atoms with E-state index in [1.807, 2.05) is 0 Å². The third kappa shape index (κ3) is 4.16. The van der Waals surface area contributed by atoms with Crippen molar-refractivity contribution in [2.45, 2.75) is 19.4 Å². The minimum Gasteiger partial charge on any atom is -0.339 e. The molecule has 2 heterocycles. The van der Waals surface area contributed by atoms with E-state index >= 15 is 0 Å². The third-order valence-corrected chi connectivity index (χ3v) is 6.00. The van der Waals surface area contributed by atoms with Crippen LogP contribution < -0.4 is 5.32 Å². The van der Waals surface area contributed by atoms with Gasteiger partial charge in [0, 0.05) is 18.3 Å². The van der Waals surface area contributed by atoms with Crippen molar-refractivity contribution in [3.8, 4) is 0 Å². The molecule has 2 aromatic rings. The molecule has 1 fully saturated rings. The number of hydrogen-bond acceptors (Lipinski definition) is 6. The first kappa shape index (κ1) is 18.2. The maximum atomic E-state index is 12.9. The smallest absolute Gasteiger partial charge is 0.274 e. The summed E-state index contributed by atoms with van der Waals surface area (Å²) in [6.07, 6.45) is 0.444. The number of rotatable bonds is 5. The molecule has 9 heteroatoms. The van der Waals surface area contributed by atoms with Crippen LogP contribution in [0.5, 0.6) is 0 Å². The summed E-state index contributed by atoms with van der Waals surface area (Å²) >= 11 is 0. The van der Waals surface area contributed by atoms with Crippen LogP contribution in [0.3, 0.4) is 0 Å². The fraction of sp³-hybridized carbons (Fsp3) is 0.353. The van der Waals surface area contributed by atoms with E-state index in [1.54, 1.807) is 25.1 Å². The molecule has 1 aliphatic heterocycles. The van der Waals surface area contributed by atoms with Crippen molar-refractivity contribution in [1.29, 1.82) is 0 Å². The Morgan fingerprint density at radius 2 is 1.96 bits per heavy atom. The van der Waals surface area contributed by atoms with Gasteiger partial charge in [-0.2, -0.15) is 0 Å². The predicted molar refractivity (Wildman–Crippen MR) is 95.5 cm³/mol. The second kappa shape index (κ2) is 7.36. The SMILES string of the molecule is CCN(C(=O)c1ccc(Nc2ccc(F)cc2)nn1)C1CCS(=O)(=O)C1. The molecule has 1 N–H and O–H groups in total. The van der Waals surface area contributed by atoms with E-state index < -0.39 is 9.84 Å². The Kier molecular flexibility index (Phi) is 5.17. The summed E-state index contributed by atoms with van der Waals surface area (Å²) in [4.78, 5) is 14.2. The van der Waals surface area contributed by atoms with Crippen LogP contribution in [0.4, 0.5) is 15.9 Å². The Morgan fingerprint density at radius 1 is 1.23 bits per heavy atom. The number of nitrogens with zero attached hydrogens (tertiary/aromatic N) is 3. The summed E-state index contributed by atoms with van der Waals surface area (Å²) in [6, 6.07) is 8.59. The second-order valence-electron chi connectivity index (χ2n) is 6.08. The van der Waals surface area contributed by atoms with Gasteiger partial charge < -0.3 is 10.2 Å². The molecule has 0 saturated carbocycles. The minimum atomic E-state index is -3.08. The van der Waals surface area contributed by atoms with E-state index in [-0.39, 0.29) is 35.0 Å². The summed E-state index contributed by atoms with van der Waals surface area (Å²) in [6.45, 7) is 2.21. The molecular weight excluding hydrogens is 359 g/mol.